The number of halogens is 1. The Morgan fingerprint density at radius 3 is 2.71 bits per heavy atom. The quantitative estimate of drug-likeness (QED) is 0.806. The van der Waals surface area contributed by atoms with Gasteiger partial charge >= 0.3 is 0 Å². The second-order valence-corrected chi connectivity index (χ2v) is 3.53. The molecule has 0 spiro atoms. The molecule has 0 atom stereocenters. The third kappa shape index (κ3) is 2.82. The number of hydrogen-bond acceptors (Lipinski definition) is 2. The van der Waals surface area contributed by atoms with E-state index in [-0.39, 0.29) is 18.2 Å². The van der Waals surface area contributed by atoms with Crippen molar-refractivity contribution in [3.8, 4) is 11.8 Å². The van der Waals surface area contributed by atoms with Crippen LogP contribution in [0.15, 0.2) is 48.5 Å². The molecule has 0 fully saturated rings. The van der Waals surface area contributed by atoms with E-state index in [9.17, 15) is 4.39 Å². The molecule has 2 nitrogen and oxygen atoms in total. The summed E-state index contributed by atoms with van der Waals surface area (Å²) in [7, 11) is 0. The molecule has 2 rings (SSSR count). The first-order valence-electron chi connectivity index (χ1n) is 5.16. The van der Waals surface area contributed by atoms with E-state index >= 15 is 0 Å². The van der Waals surface area contributed by atoms with Gasteiger partial charge in [-0.3, -0.25) is 0 Å². The standard InChI is InChI=1S/C14H10FNO/c15-13-6-1-2-7-14(13)17-10-12-5-3-4-11(8-12)9-16/h1-8H,10H2. The molecule has 0 amide bonds. The van der Waals surface area contributed by atoms with E-state index in [1.54, 1.807) is 36.4 Å². The third-order valence-electron chi connectivity index (χ3n) is 2.29. The molecular weight excluding hydrogens is 217 g/mol. The van der Waals surface area contributed by atoms with Crippen LogP contribution < -0.4 is 4.74 Å². The molecule has 0 radical (unpaired) electrons. The fraction of sp³-hybridized carbons (Fsp3) is 0.0714. The Bertz CT molecular complexity index is 560. The van der Waals surface area contributed by atoms with Gasteiger partial charge in [-0.15, -0.1) is 0 Å². The van der Waals surface area contributed by atoms with Gasteiger partial charge in [0.25, 0.3) is 0 Å². The Morgan fingerprint density at radius 2 is 1.94 bits per heavy atom. The molecule has 0 bridgehead atoms. The highest BCUT2D eigenvalue weighted by Crippen LogP contribution is 2.17. The molecule has 0 heterocycles. The molecule has 0 saturated heterocycles. The van der Waals surface area contributed by atoms with Crippen LogP contribution in [-0.4, -0.2) is 0 Å². The second kappa shape index (κ2) is 5.13. The largest absolute Gasteiger partial charge is 0.486 e. The second-order valence-electron chi connectivity index (χ2n) is 3.53. The Balaban J connectivity index is 2.08. The highest BCUT2D eigenvalue weighted by molar-refractivity contribution is 5.33. The van der Waals surface area contributed by atoms with Crippen LogP contribution in [0.4, 0.5) is 4.39 Å². The van der Waals surface area contributed by atoms with Crippen LogP contribution >= 0.6 is 0 Å². The van der Waals surface area contributed by atoms with Crippen LogP contribution in [0.3, 0.4) is 0 Å². The maximum absolute atomic E-state index is 13.3. The minimum Gasteiger partial charge on any atom is -0.486 e. The Morgan fingerprint density at radius 1 is 1.12 bits per heavy atom. The van der Waals surface area contributed by atoms with Gasteiger partial charge in [-0.05, 0) is 29.8 Å². The maximum Gasteiger partial charge on any atom is 0.165 e. The van der Waals surface area contributed by atoms with E-state index in [4.69, 9.17) is 10.00 Å². The van der Waals surface area contributed by atoms with Crippen molar-refractivity contribution in [2.45, 2.75) is 6.61 Å². The minimum absolute atomic E-state index is 0.217. The van der Waals surface area contributed by atoms with Gasteiger partial charge in [0.1, 0.15) is 6.61 Å². The molecule has 0 aliphatic heterocycles. The van der Waals surface area contributed by atoms with Crippen molar-refractivity contribution < 1.29 is 9.13 Å². The predicted molar refractivity (Wildman–Crippen MR) is 61.9 cm³/mol. The lowest BCUT2D eigenvalue weighted by Crippen LogP contribution is -1.97. The highest BCUT2D eigenvalue weighted by atomic mass is 19.1. The summed E-state index contributed by atoms with van der Waals surface area (Å²) < 4.78 is 18.6. The summed E-state index contributed by atoms with van der Waals surface area (Å²) in [6.45, 7) is 0.246. The first-order valence-corrected chi connectivity index (χ1v) is 5.16. The number of ether oxygens (including phenoxy) is 1. The van der Waals surface area contributed by atoms with E-state index in [1.807, 2.05) is 12.1 Å². The third-order valence-corrected chi connectivity index (χ3v) is 2.29. The number of nitriles is 1. The van der Waals surface area contributed by atoms with Gasteiger partial charge in [0.05, 0.1) is 11.6 Å². The van der Waals surface area contributed by atoms with Crippen molar-refractivity contribution in [1.82, 2.24) is 0 Å². The van der Waals surface area contributed by atoms with Gasteiger partial charge in [0.2, 0.25) is 0 Å². The zero-order valence-electron chi connectivity index (χ0n) is 9.06. The number of benzene rings is 2. The van der Waals surface area contributed by atoms with E-state index in [2.05, 4.69) is 0 Å². The van der Waals surface area contributed by atoms with Gasteiger partial charge < -0.3 is 4.74 Å². The smallest absolute Gasteiger partial charge is 0.165 e. The SMILES string of the molecule is N#Cc1cccc(COc2ccccc2F)c1. The maximum atomic E-state index is 13.3. The minimum atomic E-state index is -0.385. The summed E-state index contributed by atoms with van der Waals surface area (Å²) in [5.74, 6) is -0.168. The molecule has 0 aliphatic rings. The summed E-state index contributed by atoms with van der Waals surface area (Å²) >= 11 is 0. The summed E-state index contributed by atoms with van der Waals surface area (Å²) in [4.78, 5) is 0. The van der Waals surface area contributed by atoms with Crippen molar-refractivity contribution in [3.05, 3.63) is 65.5 Å². The molecule has 0 N–H and O–H groups in total. The van der Waals surface area contributed by atoms with Crippen molar-refractivity contribution in [2.24, 2.45) is 0 Å². The number of rotatable bonds is 3. The first kappa shape index (κ1) is 11.2. The van der Waals surface area contributed by atoms with E-state index < -0.39 is 0 Å². The van der Waals surface area contributed by atoms with Gasteiger partial charge in [0.15, 0.2) is 11.6 Å². The van der Waals surface area contributed by atoms with E-state index in [1.165, 1.54) is 6.07 Å². The van der Waals surface area contributed by atoms with E-state index in [0.29, 0.717) is 5.56 Å². The van der Waals surface area contributed by atoms with Gasteiger partial charge in [-0.2, -0.15) is 5.26 Å². The monoisotopic (exact) mass is 227 g/mol. The molecule has 0 unspecified atom stereocenters. The van der Waals surface area contributed by atoms with Crippen LogP contribution in [0, 0.1) is 17.1 Å². The van der Waals surface area contributed by atoms with Gasteiger partial charge in [0, 0.05) is 0 Å². The van der Waals surface area contributed by atoms with Crippen molar-refractivity contribution in [2.75, 3.05) is 0 Å². The van der Waals surface area contributed by atoms with Crippen LogP contribution in [0.25, 0.3) is 0 Å². The van der Waals surface area contributed by atoms with Crippen LogP contribution in [-0.2, 0) is 6.61 Å². The van der Waals surface area contributed by atoms with Crippen molar-refractivity contribution in [1.29, 1.82) is 5.26 Å². The fourth-order valence-electron chi connectivity index (χ4n) is 1.45. The van der Waals surface area contributed by atoms with Crippen LogP contribution in [0.2, 0.25) is 0 Å². The molecule has 2 aromatic carbocycles. The lowest BCUT2D eigenvalue weighted by atomic mass is 10.1. The Hall–Kier alpha value is -2.34. The zero-order chi connectivity index (χ0) is 12.1. The first-order chi connectivity index (χ1) is 8.29. The molecule has 3 heteroatoms. The highest BCUT2D eigenvalue weighted by Gasteiger charge is 2.02. The zero-order valence-corrected chi connectivity index (χ0v) is 9.06. The lowest BCUT2D eigenvalue weighted by Gasteiger charge is -2.07. The number of hydrogen-bond donors (Lipinski definition) is 0. The summed E-state index contributed by atoms with van der Waals surface area (Å²) in [6.07, 6.45) is 0. The van der Waals surface area contributed by atoms with Crippen molar-refractivity contribution in [3.63, 3.8) is 0 Å². The number of nitrogens with zero attached hydrogens (tertiary/aromatic N) is 1. The van der Waals surface area contributed by atoms with Crippen LogP contribution in [0.1, 0.15) is 11.1 Å². The normalized spacial score (nSPS) is 9.65. The summed E-state index contributed by atoms with van der Waals surface area (Å²) in [6, 6.07) is 15.3. The van der Waals surface area contributed by atoms with Crippen molar-refractivity contribution >= 4 is 0 Å². The Labute approximate surface area is 98.9 Å². The molecule has 2 aromatic rings. The Kier molecular flexibility index (Phi) is 3.37. The summed E-state index contributed by atoms with van der Waals surface area (Å²) in [5.41, 5.74) is 1.41. The van der Waals surface area contributed by atoms with E-state index in [0.717, 1.165) is 5.56 Å². The average molecular weight is 227 g/mol. The van der Waals surface area contributed by atoms with Gasteiger partial charge in [-0.25, -0.2) is 4.39 Å². The lowest BCUT2D eigenvalue weighted by molar-refractivity contribution is 0.290. The molecule has 0 aliphatic carbocycles. The molecule has 0 saturated carbocycles. The molecule has 0 aromatic heterocycles. The average Bonchev–Trinajstić information content (AvgIpc) is 2.38. The number of para-hydroxylation sites is 1. The molecule has 84 valence electrons. The topological polar surface area (TPSA) is 33.0 Å². The van der Waals surface area contributed by atoms with Gasteiger partial charge in [-0.1, -0.05) is 24.3 Å². The molecule has 17 heavy (non-hydrogen) atoms. The predicted octanol–water partition coefficient (Wildman–Crippen LogP) is 3.28. The molecular formula is C14H10FNO. The van der Waals surface area contributed by atoms with Crippen LogP contribution in [0.5, 0.6) is 5.75 Å². The fourth-order valence-corrected chi connectivity index (χ4v) is 1.45. The summed E-state index contributed by atoms with van der Waals surface area (Å²) in [5, 5.41) is 8.74.